The van der Waals surface area contributed by atoms with Crippen LogP contribution < -0.4 is 0 Å². The first-order chi connectivity index (χ1) is 9.24. The Bertz CT molecular complexity index is 536. The van der Waals surface area contributed by atoms with Crippen molar-refractivity contribution in [2.45, 2.75) is 20.4 Å². The van der Waals surface area contributed by atoms with Crippen LogP contribution in [0, 0.1) is 0 Å². The van der Waals surface area contributed by atoms with E-state index in [0.717, 1.165) is 36.6 Å². The summed E-state index contributed by atoms with van der Waals surface area (Å²) in [5.41, 5.74) is 2.64. The van der Waals surface area contributed by atoms with Crippen molar-refractivity contribution in [2.24, 2.45) is 0 Å². The van der Waals surface area contributed by atoms with Gasteiger partial charge < -0.3 is 5.11 Å². The second-order valence-electron chi connectivity index (χ2n) is 4.49. The molecule has 2 aromatic rings. The van der Waals surface area contributed by atoms with Gasteiger partial charge in [-0.3, -0.25) is 9.88 Å². The lowest BCUT2D eigenvalue weighted by Gasteiger charge is -2.17. The lowest BCUT2D eigenvalue weighted by Crippen LogP contribution is -2.22. The Morgan fingerprint density at radius 3 is 2.42 bits per heavy atom. The summed E-state index contributed by atoms with van der Waals surface area (Å²) in [7, 11) is 0. The van der Waals surface area contributed by atoms with Gasteiger partial charge in [-0.15, -0.1) is 0 Å². The van der Waals surface area contributed by atoms with Gasteiger partial charge in [-0.25, -0.2) is 0 Å². The molecule has 0 aliphatic heterocycles. The van der Waals surface area contributed by atoms with Crippen LogP contribution in [0.2, 0.25) is 0 Å². The summed E-state index contributed by atoms with van der Waals surface area (Å²) < 4.78 is 0. The number of pyridine rings is 1. The molecule has 0 fully saturated rings. The Morgan fingerprint density at radius 1 is 1.00 bits per heavy atom. The van der Waals surface area contributed by atoms with E-state index in [1.807, 2.05) is 36.4 Å². The minimum atomic E-state index is 0.273. The second kappa shape index (κ2) is 6.34. The van der Waals surface area contributed by atoms with Gasteiger partial charge in [-0.1, -0.05) is 32.0 Å². The zero-order valence-corrected chi connectivity index (χ0v) is 11.5. The average molecular weight is 256 g/mol. The fraction of sp³-hybridized carbons (Fsp3) is 0.312. The quantitative estimate of drug-likeness (QED) is 0.891. The van der Waals surface area contributed by atoms with E-state index >= 15 is 0 Å². The number of hydrogen-bond acceptors (Lipinski definition) is 3. The topological polar surface area (TPSA) is 36.4 Å². The minimum absolute atomic E-state index is 0.273. The Hall–Kier alpha value is -1.87. The molecule has 1 heterocycles. The number of nitrogens with zero attached hydrogens (tertiary/aromatic N) is 2. The van der Waals surface area contributed by atoms with Crippen molar-refractivity contribution in [1.82, 2.24) is 9.88 Å². The zero-order chi connectivity index (χ0) is 13.7. The van der Waals surface area contributed by atoms with E-state index in [-0.39, 0.29) is 5.75 Å². The maximum atomic E-state index is 9.88. The van der Waals surface area contributed by atoms with Crippen LogP contribution in [-0.4, -0.2) is 28.1 Å². The molecule has 1 aromatic carbocycles. The number of rotatable bonds is 5. The first-order valence-corrected chi connectivity index (χ1v) is 6.71. The summed E-state index contributed by atoms with van der Waals surface area (Å²) >= 11 is 0. The molecule has 0 bridgehead atoms. The highest BCUT2D eigenvalue weighted by Gasteiger charge is 2.07. The number of aromatic nitrogens is 1. The fourth-order valence-electron chi connectivity index (χ4n) is 2.08. The van der Waals surface area contributed by atoms with Crippen LogP contribution in [0.3, 0.4) is 0 Å². The SMILES string of the molecule is CCN(CC)Cc1cccc(-c2ccccc2O)n1. The summed E-state index contributed by atoms with van der Waals surface area (Å²) in [6.45, 7) is 7.17. The molecule has 0 saturated heterocycles. The van der Waals surface area contributed by atoms with Gasteiger partial charge in [0.2, 0.25) is 0 Å². The Kier molecular flexibility index (Phi) is 4.53. The van der Waals surface area contributed by atoms with Crippen molar-refractivity contribution < 1.29 is 5.11 Å². The van der Waals surface area contributed by atoms with Gasteiger partial charge in [0, 0.05) is 12.1 Å². The third-order valence-electron chi connectivity index (χ3n) is 3.27. The average Bonchev–Trinajstić information content (AvgIpc) is 2.45. The molecule has 2 rings (SSSR count). The van der Waals surface area contributed by atoms with Crippen molar-refractivity contribution in [3.63, 3.8) is 0 Å². The molecule has 0 atom stereocenters. The highest BCUT2D eigenvalue weighted by molar-refractivity contribution is 5.66. The van der Waals surface area contributed by atoms with Crippen molar-refractivity contribution >= 4 is 0 Å². The Balaban J connectivity index is 2.27. The van der Waals surface area contributed by atoms with Gasteiger partial charge in [0.05, 0.1) is 11.4 Å². The molecule has 0 aliphatic carbocycles. The number of para-hydroxylation sites is 1. The van der Waals surface area contributed by atoms with Gasteiger partial charge in [0.15, 0.2) is 0 Å². The number of benzene rings is 1. The predicted octanol–water partition coefficient (Wildman–Crippen LogP) is 3.30. The normalized spacial score (nSPS) is 10.9. The highest BCUT2D eigenvalue weighted by Crippen LogP contribution is 2.27. The highest BCUT2D eigenvalue weighted by atomic mass is 16.3. The molecule has 0 saturated carbocycles. The standard InChI is InChI=1S/C16H20N2O/c1-3-18(4-2)12-13-8-7-10-15(17-13)14-9-5-6-11-16(14)19/h5-11,19H,3-4,12H2,1-2H3. The smallest absolute Gasteiger partial charge is 0.124 e. The van der Waals surface area contributed by atoms with Crippen LogP contribution >= 0.6 is 0 Å². The predicted molar refractivity (Wildman–Crippen MR) is 78.0 cm³/mol. The Labute approximate surface area is 114 Å². The van der Waals surface area contributed by atoms with Crippen LogP contribution in [0.15, 0.2) is 42.5 Å². The Morgan fingerprint density at radius 2 is 1.74 bits per heavy atom. The van der Waals surface area contributed by atoms with Crippen LogP contribution in [0.4, 0.5) is 0 Å². The molecule has 0 unspecified atom stereocenters. The lowest BCUT2D eigenvalue weighted by molar-refractivity contribution is 0.292. The molecule has 0 amide bonds. The fourth-order valence-corrected chi connectivity index (χ4v) is 2.08. The third kappa shape index (κ3) is 3.32. The van der Waals surface area contributed by atoms with Gasteiger partial charge >= 0.3 is 0 Å². The summed E-state index contributed by atoms with van der Waals surface area (Å²) in [4.78, 5) is 6.95. The van der Waals surface area contributed by atoms with E-state index in [2.05, 4.69) is 23.7 Å². The molecule has 0 spiro atoms. The van der Waals surface area contributed by atoms with Crippen molar-refractivity contribution in [3.8, 4) is 17.0 Å². The zero-order valence-electron chi connectivity index (χ0n) is 11.5. The summed E-state index contributed by atoms with van der Waals surface area (Å²) in [5, 5.41) is 9.88. The molecule has 3 nitrogen and oxygen atoms in total. The van der Waals surface area contributed by atoms with E-state index in [1.54, 1.807) is 6.07 Å². The molecule has 0 aliphatic rings. The van der Waals surface area contributed by atoms with E-state index in [9.17, 15) is 5.11 Å². The van der Waals surface area contributed by atoms with Gasteiger partial charge in [0.1, 0.15) is 5.75 Å². The molecular weight excluding hydrogens is 236 g/mol. The summed E-state index contributed by atoms with van der Waals surface area (Å²) in [6.07, 6.45) is 0. The molecule has 0 radical (unpaired) electrons. The van der Waals surface area contributed by atoms with Crippen molar-refractivity contribution in [1.29, 1.82) is 0 Å². The molecule has 1 aromatic heterocycles. The molecule has 100 valence electrons. The van der Waals surface area contributed by atoms with Crippen LogP contribution in [-0.2, 0) is 6.54 Å². The van der Waals surface area contributed by atoms with E-state index < -0.39 is 0 Å². The molecule has 1 N–H and O–H groups in total. The van der Waals surface area contributed by atoms with E-state index in [1.165, 1.54) is 0 Å². The van der Waals surface area contributed by atoms with Crippen LogP contribution in [0.5, 0.6) is 5.75 Å². The number of phenolic OH excluding ortho intramolecular Hbond substituents is 1. The number of phenols is 1. The molecule has 19 heavy (non-hydrogen) atoms. The van der Waals surface area contributed by atoms with Crippen molar-refractivity contribution in [3.05, 3.63) is 48.2 Å². The third-order valence-corrected chi connectivity index (χ3v) is 3.27. The van der Waals surface area contributed by atoms with Gasteiger partial charge in [0.25, 0.3) is 0 Å². The lowest BCUT2D eigenvalue weighted by atomic mass is 10.1. The van der Waals surface area contributed by atoms with E-state index in [0.29, 0.717) is 0 Å². The maximum absolute atomic E-state index is 9.88. The first kappa shape index (κ1) is 13.6. The second-order valence-corrected chi connectivity index (χ2v) is 4.49. The van der Waals surface area contributed by atoms with Gasteiger partial charge in [-0.05, 0) is 37.4 Å². The minimum Gasteiger partial charge on any atom is -0.507 e. The van der Waals surface area contributed by atoms with Crippen LogP contribution in [0.25, 0.3) is 11.3 Å². The van der Waals surface area contributed by atoms with Crippen molar-refractivity contribution in [2.75, 3.05) is 13.1 Å². The summed E-state index contributed by atoms with van der Waals surface area (Å²) in [5.74, 6) is 0.273. The first-order valence-electron chi connectivity index (χ1n) is 6.71. The summed E-state index contributed by atoms with van der Waals surface area (Å²) in [6, 6.07) is 13.3. The van der Waals surface area contributed by atoms with E-state index in [4.69, 9.17) is 0 Å². The van der Waals surface area contributed by atoms with Crippen LogP contribution in [0.1, 0.15) is 19.5 Å². The molecule has 3 heteroatoms. The number of aromatic hydroxyl groups is 1. The monoisotopic (exact) mass is 256 g/mol. The molecular formula is C16H20N2O. The number of hydrogen-bond donors (Lipinski definition) is 1. The van der Waals surface area contributed by atoms with Gasteiger partial charge in [-0.2, -0.15) is 0 Å². The maximum Gasteiger partial charge on any atom is 0.124 e. The largest absolute Gasteiger partial charge is 0.507 e.